The third kappa shape index (κ3) is 4.68. The Hall–Kier alpha value is -3.20. The van der Waals surface area contributed by atoms with Gasteiger partial charge in [-0.05, 0) is 45.9 Å². The number of pyridine rings is 1. The number of nitrogens with one attached hydrogen (secondary N) is 2. The third-order valence-corrected chi connectivity index (χ3v) is 4.64. The minimum absolute atomic E-state index is 0.0459. The Labute approximate surface area is 174 Å². The van der Waals surface area contributed by atoms with Crippen molar-refractivity contribution in [3.63, 3.8) is 0 Å². The summed E-state index contributed by atoms with van der Waals surface area (Å²) in [5.74, 6) is -0.0454. The van der Waals surface area contributed by atoms with Crippen LogP contribution in [0.3, 0.4) is 0 Å². The highest BCUT2D eigenvalue weighted by atomic mass is 19.1. The molecule has 8 nitrogen and oxygen atoms in total. The number of nitrogen functional groups attached to an aromatic ring is 1. The molecular formula is C21H27FN6O2. The highest BCUT2D eigenvalue weighted by Gasteiger charge is 2.27. The molecule has 1 atom stereocenters. The first kappa shape index (κ1) is 21.5. The second-order valence-electron chi connectivity index (χ2n) is 8.09. The zero-order chi connectivity index (χ0) is 22.1. The number of aromatic nitrogens is 3. The SMILES string of the molecule is CC(C)Nc1c(C(=O)NCC(F)C(C)(C)O)cnn2cc(-c3ccc(N)nc3)cc12. The number of carbonyl (C=O) groups excluding carboxylic acids is 1. The molecule has 0 radical (unpaired) electrons. The second kappa shape index (κ2) is 8.27. The van der Waals surface area contributed by atoms with E-state index in [1.807, 2.05) is 32.2 Å². The summed E-state index contributed by atoms with van der Waals surface area (Å²) in [5, 5.41) is 19.9. The summed E-state index contributed by atoms with van der Waals surface area (Å²) in [6.45, 7) is 6.32. The summed E-state index contributed by atoms with van der Waals surface area (Å²) >= 11 is 0. The molecule has 5 N–H and O–H groups in total. The molecule has 30 heavy (non-hydrogen) atoms. The average Bonchev–Trinajstić information content (AvgIpc) is 3.10. The lowest BCUT2D eigenvalue weighted by Crippen LogP contribution is -2.42. The van der Waals surface area contributed by atoms with Gasteiger partial charge in [0.1, 0.15) is 12.0 Å². The smallest absolute Gasteiger partial charge is 0.255 e. The molecule has 3 aromatic rings. The summed E-state index contributed by atoms with van der Waals surface area (Å²) < 4.78 is 15.7. The number of halogens is 1. The number of hydrogen-bond donors (Lipinski definition) is 4. The molecule has 3 heterocycles. The number of amides is 1. The van der Waals surface area contributed by atoms with E-state index in [-0.39, 0.29) is 12.6 Å². The van der Waals surface area contributed by atoms with Crippen molar-refractivity contribution in [2.24, 2.45) is 0 Å². The summed E-state index contributed by atoms with van der Waals surface area (Å²) in [6.07, 6.45) is 3.35. The van der Waals surface area contributed by atoms with Crippen LogP contribution in [0.5, 0.6) is 0 Å². The third-order valence-electron chi connectivity index (χ3n) is 4.64. The number of hydrogen-bond acceptors (Lipinski definition) is 6. The van der Waals surface area contributed by atoms with Crippen LogP contribution in [0.25, 0.3) is 16.6 Å². The summed E-state index contributed by atoms with van der Waals surface area (Å²) in [5.41, 5.74) is 7.42. The van der Waals surface area contributed by atoms with Crippen LogP contribution in [0.4, 0.5) is 15.9 Å². The first-order chi connectivity index (χ1) is 14.1. The normalized spacial score (nSPS) is 12.9. The van der Waals surface area contributed by atoms with Crippen molar-refractivity contribution >= 4 is 22.9 Å². The van der Waals surface area contributed by atoms with Gasteiger partial charge in [0.2, 0.25) is 0 Å². The zero-order valence-electron chi connectivity index (χ0n) is 17.5. The number of nitrogens with two attached hydrogens (primary N) is 1. The van der Waals surface area contributed by atoms with E-state index < -0.39 is 17.7 Å². The van der Waals surface area contributed by atoms with Crippen LogP contribution in [-0.4, -0.2) is 50.0 Å². The molecule has 1 amide bonds. The number of fused-ring (bicyclic) bond motifs is 1. The van der Waals surface area contributed by atoms with Crippen LogP contribution >= 0.6 is 0 Å². The van der Waals surface area contributed by atoms with Crippen LogP contribution in [0.15, 0.2) is 36.8 Å². The molecule has 0 saturated heterocycles. The van der Waals surface area contributed by atoms with Crippen LogP contribution in [0.2, 0.25) is 0 Å². The first-order valence-corrected chi connectivity index (χ1v) is 9.70. The standard InChI is InChI=1S/C21H27FN6O2/c1-12(2)27-19-15(20(29)25-10-17(22)21(3,4)30)9-26-28-11-14(7-16(19)28)13-5-6-18(23)24-8-13/h5-9,11-12,17,27,30H,10H2,1-4H3,(H2,23,24)(H,25,29). The van der Waals surface area contributed by atoms with E-state index in [9.17, 15) is 14.3 Å². The Morgan fingerprint density at radius 3 is 2.63 bits per heavy atom. The van der Waals surface area contributed by atoms with Crippen LogP contribution in [0, 0.1) is 0 Å². The van der Waals surface area contributed by atoms with Crippen molar-refractivity contribution in [2.75, 3.05) is 17.6 Å². The fourth-order valence-corrected chi connectivity index (χ4v) is 2.93. The molecule has 0 bridgehead atoms. The average molecular weight is 414 g/mol. The molecule has 0 aliphatic rings. The lowest BCUT2D eigenvalue weighted by Gasteiger charge is -2.23. The van der Waals surface area contributed by atoms with E-state index >= 15 is 0 Å². The van der Waals surface area contributed by atoms with Crippen LogP contribution < -0.4 is 16.4 Å². The minimum Gasteiger partial charge on any atom is -0.387 e. The highest BCUT2D eigenvalue weighted by molar-refractivity contribution is 6.03. The molecule has 0 spiro atoms. The second-order valence-corrected chi connectivity index (χ2v) is 8.09. The van der Waals surface area contributed by atoms with Crippen molar-refractivity contribution in [1.29, 1.82) is 0 Å². The van der Waals surface area contributed by atoms with Crippen molar-refractivity contribution in [2.45, 2.75) is 45.5 Å². The van der Waals surface area contributed by atoms with Gasteiger partial charge in [0, 0.05) is 29.6 Å². The Balaban J connectivity index is 1.98. The molecule has 0 aromatic carbocycles. The Kier molecular flexibility index (Phi) is 5.93. The van der Waals surface area contributed by atoms with Gasteiger partial charge < -0.3 is 21.5 Å². The zero-order valence-corrected chi connectivity index (χ0v) is 17.5. The van der Waals surface area contributed by atoms with Gasteiger partial charge in [0.25, 0.3) is 5.91 Å². The van der Waals surface area contributed by atoms with Gasteiger partial charge in [-0.1, -0.05) is 0 Å². The van der Waals surface area contributed by atoms with E-state index in [0.717, 1.165) is 11.1 Å². The molecule has 160 valence electrons. The molecule has 0 fully saturated rings. The largest absolute Gasteiger partial charge is 0.387 e. The van der Waals surface area contributed by atoms with Gasteiger partial charge in [-0.25, -0.2) is 13.9 Å². The minimum atomic E-state index is -1.60. The van der Waals surface area contributed by atoms with E-state index in [4.69, 9.17) is 5.73 Å². The predicted octanol–water partition coefficient (Wildman–Crippen LogP) is 2.64. The number of nitrogens with zero attached hydrogens (tertiary/aromatic N) is 3. The summed E-state index contributed by atoms with van der Waals surface area (Å²) in [7, 11) is 0. The van der Waals surface area contributed by atoms with Gasteiger partial charge >= 0.3 is 0 Å². The molecule has 0 aliphatic heterocycles. The fraction of sp³-hybridized carbons (Fsp3) is 0.381. The molecule has 3 aromatic heterocycles. The number of alkyl halides is 1. The maximum atomic E-state index is 14.1. The van der Waals surface area contributed by atoms with E-state index in [1.165, 1.54) is 20.0 Å². The lowest BCUT2D eigenvalue weighted by molar-refractivity contribution is -0.00177. The van der Waals surface area contributed by atoms with Gasteiger partial charge in [-0.15, -0.1) is 0 Å². The van der Waals surface area contributed by atoms with Crippen molar-refractivity contribution in [3.05, 3.63) is 42.4 Å². The van der Waals surface area contributed by atoms with Gasteiger partial charge in [0.15, 0.2) is 0 Å². The van der Waals surface area contributed by atoms with Crippen molar-refractivity contribution in [3.8, 4) is 11.1 Å². The van der Waals surface area contributed by atoms with E-state index in [0.29, 0.717) is 22.6 Å². The maximum Gasteiger partial charge on any atom is 0.255 e. The van der Waals surface area contributed by atoms with Gasteiger partial charge in [0.05, 0.1) is 35.1 Å². The monoisotopic (exact) mass is 414 g/mol. The van der Waals surface area contributed by atoms with Crippen molar-refractivity contribution < 1.29 is 14.3 Å². The molecular weight excluding hydrogens is 387 g/mol. The highest BCUT2D eigenvalue weighted by Crippen LogP contribution is 2.29. The Morgan fingerprint density at radius 2 is 2.03 bits per heavy atom. The quantitative estimate of drug-likeness (QED) is 0.472. The van der Waals surface area contributed by atoms with Gasteiger partial charge in [-0.3, -0.25) is 4.79 Å². The molecule has 3 rings (SSSR count). The predicted molar refractivity (Wildman–Crippen MR) is 115 cm³/mol. The first-order valence-electron chi connectivity index (χ1n) is 9.70. The molecule has 1 unspecified atom stereocenters. The molecule has 9 heteroatoms. The molecule has 0 saturated carbocycles. The topological polar surface area (TPSA) is 118 Å². The Morgan fingerprint density at radius 1 is 1.30 bits per heavy atom. The summed E-state index contributed by atoms with van der Waals surface area (Å²) in [6, 6.07) is 5.52. The number of anilines is 2. The van der Waals surface area contributed by atoms with Gasteiger partial charge in [-0.2, -0.15) is 5.10 Å². The maximum absolute atomic E-state index is 14.1. The van der Waals surface area contributed by atoms with Crippen LogP contribution in [0.1, 0.15) is 38.1 Å². The lowest BCUT2D eigenvalue weighted by atomic mass is 10.0. The molecule has 0 aliphatic carbocycles. The Bertz CT molecular complexity index is 1040. The number of carbonyl (C=O) groups is 1. The van der Waals surface area contributed by atoms with Crippen LogP contribution in [-0.2, 0) is 0 Å². The number of rotatable bonds is 7. The fourth-order valence-electron chi connectivity index (χ4n) is 2.93. The summed E-state index contributed by atoms with van der Waals surface area (Å²) in [4.78, 5) is 16.9. The van der Waals surface area contributed by atoms with E-state index in [1.54, 1.807) is 16.8 Å². The van der Waals surface area contributed by atoms with Crippen molar-refractivity contribution in [1.82, 2.24) is 19.9 Å². The number of aliphatic hydroxyl groups is 1. The van der Waals surface area contributed by atoms with E-state index in [2.05, 4.69) is 20.7 Å².